The number of rotatable bonds is 3. The van der Waals surface area contributed by atoms with E-state index in [1.807, 2.05) is 0 Å². The van der Waals surface area contributed by atoms with Crippen LogP contribution in [-0.4, -0.2) is 32.3 Å². The van der Waals surface area contributed by atoms with E-state index < -0.39 is 30.1 Å². The molecule has 5 nitrogen and oxygen atoms in total. The summed E-state index contributed by atoms with van der Waals surface area (Å²) in [4.78, 5) is 14.6. The fourth-order valence-electron chi connectivity index (χ4n) is 2.48. The Morgan fingerprint density at radius 1 is 1.38 bits per heavy atom. The summed E-state index contributed by atoms with van der Waals surface area (Å²) < 4.78 is 40.4. The Balaban J connectivity index is 2.33. The quantitative estimate of drug-likeness (QED) is 0.911. The maximum Gasteiger partial charge on any atom is 0.449 e. The largest absolute Gasteiger partial charge is 0.478 e. The number of aromatic carboxylic acids is 1. The number of benzene rings is 1. The lowest BCUT2D eigenvalue weighted by Crippen LogP contribution is -2.27. The van der Waals surface area contributed by atoms with Gasteiger partial charge >= 0.3 is 12.1 Å². The van der Waals surface area contributed by atoms with Gasteiger partial charge in [0.2, 0.25) is 5.82 Å². The fraction of sp³-hybridized carbons (Fsp3) is 0.385. The third-order valence-electron chi connectivity index (χ3n) is 3.75. The molecule has 2 aromatic rings. The van der Waals surface area contributed by atoms with E-state index in [0.29, 0.717) is 12.8 Å². The summed E-state index contributed by atoms with van der Waals surface area (Å²) in [5, 5.41) is 18.4. The molecule has 1 aromatic heterocycles. The van der Waals surface area contributed by atoms with E-state index in [4.69, 9.17) is 5.11 Å². The Hall–Kier alpha value is -2.09. The zero-order valence-corrected chi connectivity index (χ0v) is 10.7. The Kier molecular flexibility index (Phi) is 2.78. The molecule has 1 saturated carbocycles. The first-order valence-electron chi connectivity index (χ1n) is 6.23. The van der Waals surface area contributed by atoms with Crippen molar-refractivity contribution in [3.8, 4) is 0 Å². The number of carboxylic acids is 1. The van der Waals surface area contributed by atoms with E-state index in [1.54, 1.807) is 0 Å². The first kappa shape index (κ1) is 13.9. The van der Waals surface area contributed by atoms with Crippen LogP contribution in [0.15, 0.2) is 18.2 Å². The minimum Gasteiger partial charge on any atom is -0.478 e. The topological polar surface area (TPSA) is 75.3 Å². The van der Waals surface area contributed by atoms with Crippen molar-refractivity contribution < 1.29 is 28.2 Å². The maximum absolute atomic E-state index is 13.2. The van der Waals surface area contributed by atoms with Crippen LogP contribution in [0.3, 0.4) is 0 Å². The van der Waals surface area contributed by atoms with Crippen LogP contribution in [0.2, 0.25) is 0 Å². The molecule has 8 heteroatoms. The van der Waals surface area contributed by atoms with Crippen LogP contribution in [0.25, 0.3) is 11.0 Å². The van der Waals surface area contributed by atoms with E-state index >= 15 is 0 Å². The van der Waals surface area contributed by atoms with Crippen molar-refractivity contribution in [2.45, 2.75) is 24.6 Å². The number of aromatic nitrogens is 2. The first-order valence-corrected chi connectivity index (χ1v) is 6.23. The molecule has 2 N–H and O–H groups in total. The number of carboxylic acid groups (broad SMARTS) is 1. The molecule has 0 aliphatic heterocycles. The van der Waals surface area contributed by atoms with Gasteiger partial charge in [-0.2, -0.15) is 13.2 Å². The van der Waals surface area contributed by atoms with Crippen molar-refractivity contribution in [1.29, 1.82) is 0 Å². The number of nitrogens with zero attached hydrogens (tertiary/aromatic N) is 2. The van der Waals surface area contributed by atoms with Crippen LogP contribution in [-0.2, 0) is 11.7 Å². The van der Waals surface area contributed by atoms with Gasteiger partial charge in [0.1, 0.15) is 0 Å². The van der Waals surface area contributed by atoms with Crippen molar-refractivity contribution >= 4 is 17.0 Å². The number of alkyl halides is 3. The smallest absolute Gasteiger partial charge is 0.449 e. The minimum atomic E-state index is -4.67. The fourth-order valence-corrected chi connectivity index (χ4v) is 2.48. The highest BCUT2D eigenvalue weighted by Gasteiger charge is 2.50. The second-order valence-electron chi connectivity index (χ2n) is 5.16. The standard InChI is InChI=1S/C13H11F3N2O3/c14-13(15,16)11-17-8-2-1-7(10(20)21)5-9(8)18(11)12(6-19)3-4-12/h1-2,5,19H,3-4,6H2,(H,20,21). The number of hydrogen-bond donors (Lipinski definition) is 2. The average molecular weight is 300 g/mol. The Morgan fingerprint density at radius 3 is 2.52 bits per heavy atom. The lowest BCUT2D eigenvalue weighted by molar-refractivity contribution is -0.148. The summed E-state index contributed by atoms with van der Waals surface area (Å²) in [7, 11) is 0. The Labute approximate surface area is 116 Å². The number of halogens is 3. The normalized spacial score (nSPS) is 17.1. The van der Waals surface area contributed by atoms with Crippen molar-refractivity contribution in [2.24, 2.45) is 0 Å². The summed E-state index contributed by atoms with van der Waals surface area (Å²) in [6.07, 6.45) is -3.88. The molecule has 0 saturated heterocycles. The Bertz CT molecular complexity index is 732. The van der Waals surface area contributed by atoms with Crippen LogP contribution < -0.4 is 0 Å². The van der Waals surface area contributed by atoms with Gasteiger partial charge in [-0.1, -0.05) is 0 Å². The molecule has 1 fully saturated rings. The second kappa shape index (κ2) is 4.20. The van der Waals surface area contributed by atoms with Crippen LogP contribution in [0.5, 0.6) is 0 Å². The maximum atomic E-state index is 13.2. The zero-order chi connectivity index (χ0) is 15.4. The first-order chi connectivity index (χ1) is 9.78. The van der Waals surface area contributed by atoms with Crippen molar-refractivity contribution in [1.82, 2.24) is 9.55 Å². The summed E-state index contributed by atoms with van der Waals surface area (Å²) >= 11 is 0. The molecule has 21 heavy (non-hydrogen) atoms. The summed E-state index contributed by atoms with van der Waals surface area (Å²) in [6.45, 7) is -0.446. The molecule has 0 spiro atoms. The summed E-state index contributed by atoms with van der Waals surface area (Å²) in [6, 6.07) is 3.62. The average Bonchev–Trinajstić information content (AvgIpc) is 3.10. The number of aliphatic hydroxyl groups is 1. The molecule has 3 rings (SSSR count). The van der Waals surface area contributed by atoms with Gasteiger partial charge in [-0.15, -0.1) is 0 Å². The molecule has 0 atom stereocenters. The lowest BCUT2D eigenvalue weighted by atomic mass is 10.2. The number of aliphatic hydroxyl groups excluding tert-OH is 1. The van der Waals surface area contributed by atoms with Gasteiger partial charge in [0.05, 0.1) is 28.7 Å². The summed E-state index contributed by atoms with van der Waals surface area (Å²) in [5.41, 5.74) is -1.01. The number of fused-ring (bicyclic) bond motifs is 1. The van der Waals surface area contributed by atoms with Gasteiger partial charge in [-0.3, -0.25) is 0 Å². The van der Waals surface area contributed by atoms with Crippen molar-refractivity contribution in [3.05, 3.63) is 29.6 Å². The highest BCUT2D eigenvalue weighted by molar-refractivity contribution is 5.92. The molecule has 1 aromatic carbocycles. The monoisotopic (exact) mass is 300 g/mol. The molecule has 0 amide bonds. The van der Waals surface area contributed by atoms with Crippen LogP contribution >= 0.6 is 0 Å². The summed E-state index contributed by atoms with van der Waals surface area (Å²) in [5.74, 6) is -2.33. The van der Waals surface area contributed by atoms with Gasteiger partial charge < -0.3 is 14.8 Å². The number of hydrogen-bond acceptors (Lipinski definition) is 3. The molecule has 112 valence electrons. The third-order valence-corrected chi connectivity index (χ3v) is 3.75. The second-order valence-corrected chi connectivity index (χ2v) is 5.16. The molecule has 1 heterocycles. The Morgan fingerprint density at radius 2 is 2.05 bits per heavy atom. The van der Waals surface area contributed by atoms with Crippen molar-refractivity contribution in [2.75, 3.05) is 6.61 Å². The minimum absolute atomic E-state index is 0.0621. The van der Waals surface area contributed by atoms with Gasteiger partial charge in [0.15, 0.2) is 0 Å². The molecular weight excluding hydrogens is 289 g/mol. The van der Waals surface area contributed by atoms with E-state index in [2.05, 4.69) is 4.98 Å². The van der Waals surface area contributed by atoms with E-state index in [-0.39, 0.29) is 16.6 Å². The number of carbonyl (C=O) groups is 1. The van der Waals surface area contributed by atoms with Crippen LogP contribution in [0, 0.1) is 0 Å². The molecular formula is C13H11F3N2O3. The van der Waals surface area contributed by atoms with Crippen LogP contribution in [0.4, 0.5) is 13.2 Å². The van der Waals surface area contributed by atoms with Crippen LogP contribution in [0.1, 0.15) is 29.0 Å². The van der Waals surface area contributed by atoms with Gasteiger partial charge in [0, 0.05) is 0 Å². The van der Waals surface area contributed by atoms with E-state index in [0.717, 1.165) is 10.6 Å². The predicted octanol–water partition coefficient (Wildman–Crippen LogP) is 2.23. The molecule has 0 unspecified atom stereocenters. The third kappa shape index (κ3) is 2.06. The van der Waals surface area contributed by atoms with Gasteiger partial charge in [0.25, 0.3) is 0 Å². The zero-order valence-electron chi connectivity index (χ0n) is 10.7. The lowest BCUT2D eigenvalue weighted by Gasteiger charge is -2.19. The number of imidazole rings is 1. The molecule has 1 aliphatic rings. The SMILES string of the molecule is O=C(O)c1ccc2nc(C(F)(F)F)n(C3(CO)CC3)c2c1. The predicted molar refractivity (Wildman–Crippen MR) is 66.0 cm³/mol. The van der Waals surface area contributed by atoms with Gasteiger partial charge in [-0.25, -0.2) is 9.78 Å². The molecule has 1 aliphatic carbocycles. The molecule has 0 bridgehead atoms. The molecule has 0 radical (unpaired) electrons. The van der Waals surface area contributed by atoms with Crippen molar-refractivity contribution in [3.63, 3.8) is 0 Å². The van der Waals surface area contributed by atoms with E-state index in [1.165, 1.54) is 12.1 Å². The van der Waals surface area contributed by atoms with Gasteiger partial charge in [-0.05, 0) is 31.0 Å². The van der Waals surface area contributed by atoms with E-state index in [9.17, 15) is 23.1 Å². The highest BCUT2D eigenvalue weighted by Crippen LogP contribution is 2.48. The highest BCUT2D eigenvalue weighted by atomic mass is 19.4.